The number of hydrogen-bond donors (Lipinski definition) is 0. The molecular weight excluding hydrogens is 184 g/mol. The molecule has 0 bridgehead atoms. The van der Waals surface area contributed by atoms with Crippen LogP contribution in [-0.4, -0.2) is 9.78 Å². The van der Waals surface area contributed by atoms with E-state index in [4.69, 9.17) is 11.6 Å². The summed E-state index contributed by atoms with van der Waals surface area (Å²) in [5, 5.41) is 4.88. The van der Waals surface area contributed by atoms with Crippen molar-refractivity contribution < 1.29 is 0 Å². The van der Waals surface area contributed by atoms with E-state index >= 15 is 0 Å². The summed E-state index contributed by atoms with van der Waals surface area (Å²) in [5.74, 6) is 0. The van der Waals surface area contributed by atoms with Crippen molar-refractivity contribution >= 4 is 11.6 Å². The fraction of sp³-hybridized carbons (Fsp3) is 0.100. The Balaban J connectivity index is 2.19. The van der Waals surface area contributed by atoms with Gasteiger partial charge in [0.15, 0.2) is 0 Å². The normalized spacial score (nSPS) is 10.2. The summed E-state index contributed by atoms with van der Waals surface area (Å²) in [6, 6.07) is 9.71. The molecule has 0 fully saturated rings. The lowest BCUT2D eigenvalue weighted by Gasteiger charge is -2.01. The molecule has 0 aliphatic heterocycles. The molecule has 0 saturated heterocycles. The Hall–Kier alpha value is -1.28. The molecule has 0 N–H and O–H groups in total. The van der Waals surface area contributed by atoms with Gasteiger partial charge < -0.3 is 0 Å². The molecule has 1 aromatic carbocycles. The Morgan fingerprint density at radius 1 is 1.31 bits per heavy atom. The molecule has 3 heteroatoms. The van der Waals surface area contributed by atoms with Crippen molar-refractivity contribution in [2.75, 3.05) is 0 Å². The van der Waals surface area contributed by atoms with Crippen LogP contribution in [-0.2, 0) is 6.54 Å². The van der Waals surface area contributed by atoms with Crippen molar-refractivity contribution in [3.63, 3.8) is 0 Å². The van der Waals surface area contributed by atoms with Gasteiger partial charge in [0.05, 0.1) is 6.54 Å². The number of hydrogen-bond acceptors (Lipinski definition) is 1. The van der Waals surface area contributed by atoms with Crippen LogP contribution in [0.2, 0.25) is 5.02 Å². The van der Waals surface area contributed by atoms with Gasteiger partial charge in [-0.15, -0.1) is 0 Å². The van der Waals surface area contributed by atoms with Crippen molar-refractivity contribution in [3.8, 4) is 0 Å². The van der Waals surface area contributed by atoms with E-state index < -0.39 is 0 Å². The first-order valence-corrected chi connectivity index (χ1v) is 4.44. The molecule has 13 heavy (non-hydrogen) atoms. The number of benzene rings is 1. The first-order valence-electron chi connectivity index (χ1n) is 4.06. The van der Waals surface area contributed by atoms with Crippen molar-refractivity contribution in [3.05, 3.63) is 53.3 Å². The summed E-state index contributed by atoms with van der Waals surface area (Å²) in [6.07, 6.45) is 3.70. The monoisotopic (exact) mass is 192 g/mol. The molecular formula is C10H9ClN2. The standard InChI is InChI=1S/C10H9ClN2/c11-10-4-1-3-9(7-10)8-13-6-2-5-12-13/h1-7H,8H2. The quantitative estimate of drug-likeness (QED) is 0.715. The first-order chi connectivity index (χ1) is 6.34. The Kier molecular flexibility index (Phi) is 2.32. The van der Waals surface area contributed by atoms with Crippen LogP contribution in [0, 0.1) is 0 Å². The number of nitrogens with zero attached hydrogens (tertiary/aromatic N) is 2. The second kappa shape index (κ2) is 3.62. The average molecular weight is 193 g/mol. The van der Waals surface area contributed by atoms with Crippen LogP contribution in [0.4, 0.5) is 0 Å². The van der Waals surface area contributed by atoms with Crippen molar-refractivity contribution in [1.82, 2.24) is 9.78 Å². The van der Waals surface area contributed by atoms with Gasteiger partial charge in [-0.3, -0.25) is 4.68 Å². The fourth-order valence-corrected chi connectivity index (χ4v) is 1.43. The van der Waals surface area contributed by atoms with E-state index in [1.54, 1.807) is 6.20 Å². The van der Waals surface area contributed by atoms with Crippen LogP contribution >= 0.6 is 11.6 Å². The lowest BCUT2D eigenvalue weighted by atomic mass is 10.2. The van der Waals surface area contributed by atoms with E-state index in [1.165, 1.54) is 0 Å². The van der Waals surface area contributed by atoms with Crippen molar-refractivity contribution in [2.45, 2.75) is 6.54 Å². The van der Waals surface area contributed by atoms with Crippen LogP contribution in [0.5, 0.6) is 0 Å². The maximum Gasteiger partial charge on any atom is 0.0659 e. The van der Waals surface area contributed by atoms with Gasteiger partial charge in [0, 0.05) is 17.4 Å². The molecule has 0 atom stereocenters. The highest BCUT2D eigenvalue weighted by Crippen LogP contribution is 2.11. The van der Waals surface area contributed by atoms with Crippen molar-refractivity contribution in [1.29, 1.82) is 0 Å². The van der Waals surface area contributed by atoms with Gasteiger partial charge >= 0.3 is 0 Å². The fourth-order valence-electron chi connectivity index (χ4n) is 1.22. The molecule has 2 aromatic rings. The predicted octanol–water partition coefficient (Wildman–Crippen LogP) is 2.58. The highest BCUT2D eigenvalue weighted by Gasteiger charge is 1.95. The summed E-state index contributed by atoms with van der Waals surface area (Å²) in [5.41, 5.74) is 1.16. The molecule has 66 valence electrons. The van der Waals surface area contributed by atoms with Crippen LogP contribution in [0.25, 0.3) is 0 Å². The first kappa shape index (κ1) is 8.32. The third kappa shape index (κ3) is 2.10. The molecule has 2 nitrogen and oxygen atoms in total. The molecule has 0 radical (unpaired) electrons. The average Bonchev–Trinajstić information content (AvgIpc) is 2.57. The summed E-state index contributed by atoms with van der Waals surface area (Å²) in [4.78, 5) is 0. The van der Waals surface area contributed by atoms with Gasteiger partial charge in [0.1, 0.15) is 0 Å². The molecule has 0 aliphatic carbocycles. The molecule has 0 amide bonds. The molecule has 1 heterocycles. The van der Waals surface area contributed by atoms with E-state index in [-0.39, 0.29) is 0 Å². The highest BCUT2D eigenvalue weighted by atomic mass is 35.5. The third-order valence-electron chi connectivity index (χ3n) is 1.79. The maximum absolute atomic E-state index is 5.86. The Morgan fingerprint density at radius 3 is 2.92 bits per heavy atom. The zero-order valence-corrected chi connectivity index (χ0v) is 7.78. The van der Waals surface area contributed by atoms with E-state index in [0.29, 0.717) is 0 Å². The second-order valence-electron chi connectivity index (χ2n) is 2.83. The topological polar surface area (TPSA) is 17.8 Å². The lowest BCUT2D eigenvalue weighted by molar-refractivity contribution is 0.687. The summed E-state index contributed by atoms with van der Waals surface area (Å²) in [7, 11) is 0. The van der Waals surface area contributed by atoms with Crippen LogP contribution in [0.3, 0.4) is 0 Å². The van der Waals surface area contributed by atoms with Crippen LogP contribution < -0.4 is 0 Å². The number of aromatic nitrogens is 2. The van der Waals surface area contributed by atoms with Gasteiger partial charge in [0.25, 0.3) is 0 Å². The molecule has 0 aliphatic rings. The van der Waals surface area contributed by atoms with E-state index in [9.17, 15) is 0 Å². The molecule has 1 aromatic heterocycles. The molecule has 0 unspecified atom stereocenters. The summed E-state index contributed by atoms with van der Waals surface area (Å²) >= 11 is 5.86. The van der Waals surface area contributed by atoms with E-state index in [0.717, 1.165) is 17.1 Å². The smallest absolute Gasteiger partial charge is 0.0659 e. The van der Waals surface area contributed by atoms with Gasteiger partial charge in [-0.2, -0.15) is 5.10 Å². The predicted molar refractivity (Wildman–Crippen MR) is 52.8 cm³/mol. The SMILES string of the molecule is Clc1cccc(Cn2cccn2)c1. The van der Waals surface area contributed by atoms with E-state index in [2.05, 4.69) is 5.10 Å². The molecule has 0 spiro atoms. The lowest BCUT2D eigenvalue weighted by Crippen LogP contribution is -1.99. The minimum Gasteiger partial charge on any atom is -0.268 e. The minimum atomic E-state index is 0.768. The largest absolute Gasteiger partial charge is 0.268 e. The second-order valence-corrected chi connectivity index (χ2v) is 3.27. The van der Waals surface area contributed by atoms with Crippen molar-refractivity contribution in [2.24, 2.45) is 0 Å². The highest BCUT2D eigenvalue weighted by molar-refractivity contribution is 6.30. The summed E-state index contributed by atoms with van der Waals surface area (Å²) in [6.45, 7) is 0.771. The minimum absolute atomic E-state index is 0.768. The molecule has 2 rings (SSSR count). The third-order valence-corrected chi connectivity index (χ3v) is 2.03. The van der Waals surface area contributed by atoms with E-state index in [1.807, 2.05) is 41.2 Å². The Morgan fingerprint density at radius 2 is 2.23 bits per heavy atom. The van der Waals surface area contributed by atoms with Gasteiger partial charge in [-0.1, -0.05) is 23.7 Å². The summed E-state index contributed by atoms with van der Waals surface area (Å²) < 4.78 is 1.87. The Labute approximate surface area is 81.8 Å². The van der Waals surface area contributed by atoms with Crippen LogP contribution in [0.15, 0.2) is 42.7 Å². The molecule has 0 saturated carbocycles. The van der Waals surface area contributed by atoms with Crippen LogP contribution in [0.1, 0.15) is 5.56 Å². The zero-order valence-electron chi connectivity index (χ0n) is 7.02. The maximum atomic E-state index is 5.86. The van der Waals surface area contributed by atoms with Gasteiger partial charge in [0.2, 0.25) is 0 Å². The number of halogens is 1. The van der Waals surface area contributed by atoms with Gasteiger partial charge in [-0.05, 0) is 23.8 Å². The zero-order chi connectivity index (χ0) is 9.10. The number of rotatable bonds is 2. The Bertz CT molecular complexity index is 382. The van der Waals surface area contributed by atoms with Gasteiger partial charge in [-0.25, -0.2) is 0 Å².